The quantitative estimate of drug-likeness (QED) is 0.597. The summed E-state index contributed by atoms with van der Waals surface area (Å²) >= 11 is 0. The van der Waals surface area contributed by atoms with E-state index in [4.69, 9.17) is 0 Å². The Hall–Kier alpha value is -2.22. The summed E-state index contributed by atoms with van der Waals surface area (Å²) in [7, 11) is 1.69. The first-order valence-electron chi connectivity index (χ1n) is 7.75. The van der Waals surface area contributed by atoms with E-state index in [-0.39, 0.29) is 18.2 Å². The molecule has 0 saturated carbocycles. The van der Waals surface area contributed by atoms with Crippen LogP contribution in [0.4, 0.5) is 15.9 Å². The summed E-state index contributed by atoms with van der Waals surface area (Å²) in [4.78, 5) is 30.7. The summed E-state index contributed by atoms with van der Waals surface area (Å²) in [5.74, 6) is -0.788. The Labute approximate surface area is 133 Å². The number of imide groups is 1. The number of carbonyl (C=O) groups is 2. The van der Waals surface area contributed by atoms with Crippen molar-refractivity contribution in [1.29, 1.82) is 0 Å². The van der Waals surface area contributed by atoms with E-state index in [1.165, 1.54) is 0 Å². The molecule has 2 N–H and O–H groups in total. The fraction of sp³-hybridized carbons (Fsp3) is 0.533. The van der Waals surface area contributed by atoms with Crippen molar-refractivity contribution in [3.8, 4) is 0 Å². The van der Waals surface area contributed by atoms with Gasteiger partial charge in [0.05, 0.1) is 5.69 Å². The fourth-order valence-corrected chi connectivity index (χ4v) is 2.97. The van der Waals surface area contributed by atoms with Crippen LogP contribution in [-0.4, -0.2) is 56.1 Å². The highest BCUT2D eigenvalue weighted by molar-refractivity contribution is 6.01. The number of piperidine rings is 1. The van der Waals surface area contributed by atoms with Crippen LogP contribution in [0.2, 0.25) is 0 Å². The van der Waals surface area contributed by atoms with Crippen molar-refractivity contribution in [2.75, 3.05) is 43.0 Å². The van der Waals surface area contributed by atoms with Crippen molar-refractivity contribution in [2.24, 2.45) is 0 Å². The monoisotopic (exact) mass is 321 g/mol. The van der Waals surface area contributed by atoms with Crippen LogP contribution in [-0.2, 0) is 9.59 Å². The zero-order chi connectivity index (χ0) is 16.4. The largest absolute Gasteiger partial charge is 0.365 e. The minimum absolute atomic E-state index is 0.271. The van der Waals surface area contributed by atoms with Gasteiger partial charge in [0.25, 0.3) is 0 Å². The van der Waals surface area contributed by atoms with E-state index in [1.54, 1.807) is 24.1 Å². The SMILES string of the molecule is CN(c1ccc(N2CCNCC2)c(F)n1)C1CCC(=O)NC1=O. The second-order valence-electron chi connectivity index (χ2n) is 5.79. The number of nitrogens with zero attached hydrogens (tertiary/aromatic N) is 3. The summed E-state index contributed by atoms with van der Waals surface area (Å²) in [5.41, 5.74) is 0.479. The molecular weight excluding hydrogens is 301 g/mol. The molecule has 0 radical (unpaired) electrons. The highest BCUT2D eigenvalue weighted by Gasteiger charge is 2.31. The predicted octanol–water partition coefficient (Wildman–Crippen LogP) is -0.128. The number of amides is 2. The van der Waals surface area contributed by atoms with E-state index in [0.29, 0.717) is 17.9 Å². The molecule has 7 nitrogen and oxygen atoms in total. The van der Waals surface area contributed by atoms with Gasteiger partial charge in [-0.2, -0.15) is 4.39 Å². The van der Waals surface area contributed by atoms with Crippen LogP contribution < -0.4 is 20.4 Å². The lowest BCUT2D eigenvalue weighted by Gasteiger charge is -2.32. The molecule has 2 aliphatic heterocycles. The van der Waals surface area contributed by atoms with E-state index >= 15 is 0 Å². The highest BCUT2D eigenvalue weighted by atomic mass is 19.1. The number of pyridine rings is 1. The van der Waals surface area contributed by atoms with E-state index in [0.717, 1.165) is 26.2 Å². The van der Waals surface area contributed by atoms with Crippen LogP contribution in [0.25, 0.3) is 0 Å². The third kappa shape index (κ3) is 3.26. The lowest BCUT2D eigenvalue weighted by molar-refractivity contribution is -0.134. The zero-order valence-electron chi connectivity index (χ0n) is 13.0. The number of halogens is 1. The number of piperazine rings is 1. The summed E-state index contributed by atoms with van der Waals surface area (Å²) in [5, 5.41) is 5.52. The number of rotatable bonds is 3. The van der Waals surface area contributed by atoms with Gasteiger partial charge >= 0.3 is 0 Å². The number of anilines is 2. The molecule has 0 aromatic carbocycles. The van der Waals surface area contributed by atoms with E-state index < -0.39 is 12.0 Å². The number of nitrogens with one attached hydrogen (secondary N) is 2. The molecule has 3 rings (SSSR count). The molecule has 8 heteroatoms. The van der Waals surface area contributed by atoms with Crippen molar-refractivity contribution in [3.05, 3.63) is 18.1 Å². The second-order valence-corrected chi connectivity index (χ2v) is 5.79. The minimum Gasteiger partial charge on any atom is -0.365 e. The normalized spacial score (nSPS) is 22.0. The van der Waals surface area contributed by atoms with Crippen molar-refractivity contribution in [2.45, 2.75) is 18.9 Å². The van der Waals surface area contributed by atoms with Gasteiger partial charge in [-0.1, -0.05) is 0 Å². The molecular formula is C15H20FN5O2. The maximum atomic E-state index is 14.4. The molecule has 1 atom stereocenters. The van der Waals surface area contributed by atoms with E-state index in [1.807, 2.05) is 4.90 Å². The maximum absolute atomic E-state index is 14.4. The van der Waals surface area contributed by atoms with Gasteiger partial charge < -0.3 is 15.1 Å². The Morgan fingerprint density at radius 2 is 2.04 bits per heavy atom. The Bertz CT molecular complexity index is 618. The maximum Gasteiger partial charge on any atom is 0.249 e. The standard InChI is InChI=1S/C15H20FN5O2/c1-20(11-3-5-13(22)19-15(11)23)12-4-2-10(14(16)18-12)21-8-6-17-7-9-21/h2,4,11,17H,3,5-9H2,1H3,(H,19,22,23). The predicted molar refractivity (Wildman–Crippen MR) is 83.9 cm³/mol. The van der Waals surface area contributed by atoms with Gasteiger partial charge in [-0.15, -0.1) is 0 Å². The third-order valence-corrected chi connectivity index (χ3v) is 4.31. The molecule has 3 heterocycles. The van der Waals surface area contributed by atoms with Gasteiger partial charge in [0.1, 0.15) is 11.9 Å². The van der Waals surface area contributed by atoms with E-state index in [2.05, 4.69) is 15.6 Å². The van der Waals surface area contributed by atoms with Crippen LogP contribution in [0, 0.1) is 5.95 Å². The highest BCUT2D eigenvalue weighted by Crippen LogP contribution is 2.24. The average Bonchev–Trinajstić information content (AvgIpc) is 2.55. The Morgan fingerprint density at radius 1 is 1.30 bits per heavy atom. The summed E-state index contributed by atoms with van der Waals surface area (Å²) in [6.07, 6.45) is 0.687. The smallest absolute Gasteiger partial charge is 0.249 e. The van der Waals surface area contributed by atoms with E-state index in [9.17, 15) is 14.0 Å². The number of aromatic nitrogens is 1. The van der Waals surface area contributed by atoms with Crippen molar-refractivity contribution >= 4 is 23.3 Å². The number of carbonyl (C=O) groups excluding carboxylic acids is 2. The van der Waals surface area contributed by atoms with Crippen LogP contribution in [0.1, 0.15) is 12.8 Å². The van der Waals surface area contributed by atoms with Gasteiger partial charge in [-0.25, -0.2) is 4.98 Å². The molecule has 0 bridgehead atoms. The molecule has 0 aliphatic carbocycles. The lowest BCUT2D eigenvalue weighted by atomic mass is 10.0. The Morgan fingerprint density at radius 3 is 2.70 bits per heavy atom. The minimum atomic E-state index is -0.538. The van der Waals surface area contributed by atoms with Gasteiger partial charge in [0, 0.05) is 39.6 Å². The fourth-order valence-electron chi connectivity index (χ4n) is 2.97. The topological polar surface area (TPSA) is 77.6 Å². The lowest BCUT2D eigenvalue weighted by Crippen LogP contribution is -2.51. The molecule has 2 aliphatic rings. The Balaban J connectivity index is 1.76. The van der Waals surface area contributed by atoms with Crippen LogP contribution in [0.15, 0.2) is 12.1 Å². The third-order valence-electron chi connectivity index (χ3n) is 4.31. The zero-order valence-corrected chi connectivity index (χ0v) is 13.0. The molecule has 0 spiro atoms. The number of hydrogen-bond donors (Lipinski definition) is 2. The number of hydrogen-bond acceptors (Lipinski definition) is 6. The van der Waals surface area contributed by atoms with Gasteiger partial charge in [0.15, 0.2) is 0 Å². The van der Waals surface area contributed by atoms with Crippen LogP contribution in [0.5, 0.6) is 0 Å². The Kier molecular flexibility index (Phi) is 4.42. The van der Waals surface area contributed by atoms with Crippen LogP contribution >= 0.6 is 0 Å². The summed E-state index contributed by atoms with van der Waals surface area (Å²) in [6, 6.07) is 2.90. The summed E-state index contributed by atoms with van der Waals surface area (Å²) in [6.45, 7) is 3.11. The van der Waals surface area contributed by atoms with Crippen LogP contribution in [0.3, 0.4) is 0 Å². The van der Waals surface area contributed by atoms with Gasteiger partial charge in [0.2, 0.25) is 17.8 Å². The molecule has 2 amide bonds. The molecule has 2 fully saturated rings. The molecule has 1 aromatic heterocycles. The number of likely N-dealkylation sites (N-methyl/N-ethyl adjacent to an activating group) is 1. The molecule has 23 heavy (non-hydrogen) atoms. The molecule has 124 valence electrons. The summed E-state index contributed by atoms with van der Waals surface area (Å²) < 4.78 is 14.4. The first kappa shape index (κ1) is 15.7. The van der Waals surface area contributed by atoms with Crippen molar-refractivity contribution in [1.82, 2.24) is 15.6 Å². The molecule has 1 aromatic rings. The first-order chi connectivity index (χ1) is 11.1. The second kappa shape index (κ2) is 6.49. The first-order valence-corrected chi connectivity index (χ1v) is 7.75. The average molecular weight is 321 g/mol. The van der Waals surface area contributed by atoms with Gasteiger partial charge in [-0.3, -0.25) is 14.9 Å². The van der Waals surface area contributed by atoms with Crippen molar-refractivity contribution in [3.63, 3.8) is 0 Å². The molecule has 2 saturated heterocycles. The van der Waals surface area contributed by atoms with Gasteiger partial charge in [-0.05, 0) is 18.6 Å². The van der Waals surface area contributed by atoms with Crippen molar-refractivity contribution < 1.29 is 14.0 Å². The molecule has 1 unspecified atom stereocenters.